The summed E-state index contributed by atoms with van der Waals surface area (Å²) < 4.78 is 21.0. The van der Waals surface area contributed by atoms with Gasteiger partial charge < -0.3 is 34.5 Å². The van der Waals surface area contributed by atoms with Crippen LogP contribution in [0.25, 0.3) is 16.8 Å². The number of hydrogen-bond donors (Lipinski definition) is 2. The molecule has 1 aliphatic heterocycles. The number of nitriles is 1. The van der Waals surface area contributed by atoms with Crippen molar-refractivity contribution in [2.75, 3.05) is 57.6 Å². The summed E-state index contributed by atoms with van der Waals surface area (Å²) in [5.74, 6) is -1.07. The van der Waals surface area contributed by atoms with E-state index in [1.165, 1.54) is 31.9 Å². The number of ether oxygens (including phenoxy) is 4. The molecule has 2 N–H and O–H groups in total. The number of piperidine rings is 1. The highest BCUT2D eigenvalue weighted by Gasteiger charge is 2.22. The van der Waals surface area contributed by atoms with Crippen LogP contribution in [0, 0.1) is 11.3 Å². The van der Waals surface area contributed by atoms with Crippen LogP contribution in [0.3, 0.4) is 0 Å². The van der Waals surface area contributed by atoms with Gasteiger partial charge in [-0.15, -0.1) is 0 Å². The van der Waals surface area contributed by atoms with Crippen LogP contribution in [-0.4, -0.2) is 82.3 Å². The molecule has 0 saturated carbocycles. The fourth-order valence-corrected chi connectivity index (χ4v) is 4.53. The number of amides is 2. The number of anilines is 1. The summed E-state index contributed by atoms with van der Waals surface area (Å²) in [4.78, 5) is 38.6. The maximum Gasteiger partial charge on any atom is 0.408 e. The topological polar surface area (TPSA) is 139 Å². The molecule has 238 valence electrons. The SMILES string of the molecule is C[C@H](NC(=O)OC(C)(C)C)C(=O)OCCOCCOCCNC(=O)/C(C#N)=C/c1ccc2cc(N3CCCCC3)ccc2c1. The Morgan fingerprint density at radius 3 is 2.32 bits per heavy atom. The monoisotopic (exact) mass is 608 g/mol. The lowest BCUT2D eigenvalue weighted by atomic mass is 10.0. The van der Waals surface area contributed by atoms with Crippen molar-refractivity contribution in [2.45, 2.75) is 58.6 Å². The Bertz CT molecular complexity index is 1340. The van der Waals surface area contributed by atoms with Gasteiger partial charge in [-0.3, -0.25) is 4.79 Å². The first kappa shape index (κ1) is 34.4. The number of carbonyl (C=O) groups excluding carboxylic acids is 3. The van der Waals surface area contributed by atoms with Gasteiger partial charge in [0.1, 0.15) is 29.9 Å². The van der Waals surface area contributed by atoms with Crippen LogP contribution in [0.5, 0.6) is 0 Å². The number of esters is 1. The molecule has 44 heavy (non-hydrogen) atoms. The zero-order valence-electron chi connectivity index (χ0n) is 26.1. The Hall–Kier alpha value is -4.14. The van der Waals surface area contributed by atoms with Gasteiger partial charge in [-0.1, -0.05) is 18.2 Å². The molecule has 0 radical (unpaired) electrons. The first-order valence-electron chi connectivity index (χ1n) is 15.1. The quantitative estimate of drug-likeness (QED) is 0.139. The van der Waals surface area contributed by atoms with Crippen molar-refractivity contribution < 1.29 is 33.3 Å². The van der Waals surface area contributed by atoms with Gasteiger partial charge in [-0.25, -0.2) is 9.59 Å². The highest BCUT2D eigenvalue weighted by molar-refractivity contribution is 6.02. The summed E-state index contributed by atoms with van der Waals surface area (Å²) in [6.45, 7) is 10.1. The van der Waals surface area contributed by atoms with Crippen molar-refractivity contribution in [2.24, 2.45) is 0 Å². The maximum atomic E-state index is 12.5. The highest BCUT2D eigenvalue weighted by atomic mass is 16.6. The van der Waals surface area contributed by atoms with Gasteiger partial charge in [-0.2, -0.15) is 5.26 Å². The molecule has 2 aromatic rings. The molecule has 0 spiro atoms. The molecule has 1 atom stereocenters. The molecule has 2 amide bonds. The van der Waals surface area contributed by atoms with Crippen LogP contribution in [0.4, 0.5) is 10.5 Å². The Balaban J connectivity index is 1.30. The Kier molecular flexibility index (Phi) is 13.5. The minimum absolute atomic E-state index is 0.0165. The normalized spacial score (nSPS) is 14.4. The third-order valence-corrected chi connectivity index (χ3v) is 6.71. The molecule has 0 unspecified atom stereocenters. The van der Waals surface area contributed by atoms with E-state index < -0.39 is 29.6 Å². The van der Waals surface area contributed by atoms with Gasteiger partial charge in [0, 0.05) is 25.3 Å². The third-order valence-electron chi connectivity index (χ3n) is 6.71. The smallest absolute Gasteiger partial charge is 0.408 e. The number of nitrogens with zero attached hydrogens (tertiary/aromatic N) is 2. The van der Waals surface area contributed by atoms with E-state index in [-0.39, 0.29) is 45.2 Å². The van der Waals surface area contributed by atoms with E-state index in [2.05, 4.69) is 33.7 Å². The zero-order chi connectivity index (χ0) is 32.0. The minimum atomic E-state index is -0.856. The molecule has 1 heterocycles. The van der Waals surface area contributed by atoms with Crippen LogP contribution in [-0.2, 0) is 28.5 Å². The van der Waals surface area contributed by atoms with Crippen LogP contribution in [0.2, 0.25) is 0 Å². The van der Waals surface area contributed by atoms with Gasteiger partial charge in [0.05, 0.1) is 26.4 Å². The van der Waals surface area contributed by atoms with E-state index in [0.717, 1.165) is 29.4 Å². The third kappa shape index (κ3) is 11.9. The summed E-state index contributed by atoms with van der Waals surface area (Å²) in [7, 11) is 0. The van der Waals surface area contributed by atoms with Gasteiger partial charge in [0.2, 0.25) is 0 Å². The predicted molar refractivity (Wildman–Crippen MR) is 168 cm³/mol. The number of hydrogen-bond acceptors (Lipinski definition) is 9. The molecule has 11 heteroatoms. The molecule has 1 aliphatic rings. The van der Waals surface area contributed by atoms with Crippen molar-refractivity contribution in [1.82, 2.24) is 10.6 Å². The molecule has 0 aromatic heterocycles. The van der Waals surface area contributed by atoms with Crippen molar-refractivity contribution in [1.29, 1.82) is 5.26 Å². The Morgan fingerprint density at radius 1 is 0.955 bits per heavy atom. The number of benzene rings is 2. The number of rotatable bonds is 14. The lowest BCUT2D eigenvalue weighted by Crippen LogP contribution is -2.42. The van der Waals surface area contributed by atoms with Crippen LogP contribution in [0.15, 0.2) is 42.0 Å². The van der Waals surface area contributed by atoms with Crippen LogP contribution in [0.1, 0.15) is 52.5 Å². The second kappa shape index (κ2) is 17.2. The molecular formula is C33H44N4O7. The molecule has 11 nitrogen and oxygen atoms in total. The van der Waals surface area contributed by atoms with Gasteiger partial charge in [-0.05, 0) is 87.6 Å². The molecule has 0 bridgehead atoms. The Morgan fingerprint density at radius 2 is 1.61 bits per heavy atom. The average Bonchev–Trinajstić information content (AvgIpc) is 2.99. The minimum Gasteiger partial charge on any atom is -0.462 e. The molecule has 2 aromatic carbocycles. The van der Waals surface area contributed by atoms with Gasteiger partial charge >= 0.3 is 12.1 Å². The van der Waals surface area contributed by atoms with Crippen LogP contribution >= 0.6 is 0 Å². The fraction of sp³-hybridized carbons (Fsp3) is 0.515. The largest absolute Gasteiger partial charge is 0.462 e. The maximum absolute atomic E-state index is 12.5. The van der Waals surface area contributed by atoms with Crippen molar-refractivity contribution in [3.63, 3.8) is 0 Å². The van der Waals surface area contributed by atoms with Crippen LogP contribution < -0.4 is 15.5 Å². The standard InChI is InChI=1S/C33H44N4O7/c1-24(36-32(40)44-33(2,3)4)31(39)43-19-18-42-17-16-41-15-12-35-30(38)28(23-34)21-25-8-9-27-22-29(11-10-26(27)20-25)37-13-6-5-7-14-37/h8-11,20-22,24H,5-7,12-19H2,1-4H3,(H,35,38)(H,36,40)/b28-21+/t24-/m0/s1. The molecule has 0 aliphatic carbocycles. The molecule has 1 fully saturated rings. The van der Waals surface area contributed by atoms with Crippen molar-refractivity contribution >= 4 is 40.5 Å². The first-order valence-corrected chi connectivity index (χ1v) is 15.1. The summed E-state index contributed by atoms with van der Waals surface area (Å²) >= 11 is 0. The van der Waals surface area contributed by atoms with Gasteiger partial charge in [0.15, 0.2) is 0 Å². The van der Waals surface area contributed by atoms with Crippen molar-refractivity contribution in [3.05, 3.63) is 47.5 Å². The first-order chi connectivity index (χ1) is 21.1. The number of fused-ring (bicyclic) bond motifs is 1. The number of nitrogens with one attached hydrogen (secondary N) is 2. The summed E-state index contributed by atoms with van der Waals surface area (Å²) in [5, 5.41) is 16.8. The second-order valence-electron chi connectivity index (χ2n) is 11.5. The van der Waals surface area contributed by atoms with Gasteiger partial charge in [0.25, 0.3) is 5.91 Å². The predicted octanol–water partition coefficient (Wildman–Crippen LogP) is 4.34. The lowest BCUT2D eigenvalue weighted by molar-refractivity contribution is -0.147. The van der Waals surface area contributed by atoms with E-state index in [1.54, 1.807) is 26.8 Å². The molecule has 1 saturated heterocycles. The average molecular weight is 609 g/mol. The van der Waals surface area contributed by atoms with E-state index in [0.29, 0.717) is 0 Å². The van der Waals surface area contributed by atoms with E-state index in [1.807, 2.05) is 24.3 Å². The van der Waals surface area contributed by atoms with E-state index in [9.17, 15) is 19.6 Å². The number of carbonyl (C=O) groups is 3. The number of alkyl carbamates (subject to hydrolysis) is 1. The molecule has 3 rings (SSSR count). The fourth-order valence-electron chi connectivity index (χ4n) is 4.53. The second-order valence-corrected chi connectivity index (χ2v) is 11.5. The zero-order valence-corrected chi connectivity index (χ0v) is 26.1. The Labute approximate surface area is 259 Å². The van der Waals surface area contributed by atoms with E-state index in [4.69, 9.17) is 18.9 Å². The summed E-state index contributed by atoms with van der Waals surface area (Å²) in [6.07, 6.45) is 4.63. The van der Waals surface area contributed by atoms with Crippen molar-refractivity contribution in [3.8, 4) is 6.07 Å². The highest BCUT2D eigenvalue weighted by Crippen LogP contribution is 2.26. The summed E-state index contributed by atoms with van der Waals surface area (Å²) in [6, 6.07) is 13.5. The van der Waals surface area contributed by atoms with E-state index >= 15 is 0 Å². The molecular weight excluding hydrogens is 564 g/mol. The summed E-state index contributed by atoms with van der Waals surface area (Å²) in [5.41, 5.74) is 1.36. The lowest BCUT2D eigenvalue weighted by Gasteiger charge is -2.29.